The van der Waals surface area contributed by atoms with Gasteiger partial charge >= 0.3 is 0 Å². The lowest BCUT2D eigenvalue weighted by Crippen LogP contribution is -2.50. The number of pyridine rings is 1. The van der Waals surface area contributed by atoms with E-state index in [0.717, 1.165) is 11.3 Å². The number of ether oxygens (including phenoxy) is 1. The lowest BCUT2D eigenvalue weighted by molar-refractivity contribution is -0.123. The summed E-state index contributed by atoms with van der Waals surface area (Å²) in [6.07, 6.45) is 4.50. The van der Waals surface area contributed by atoms with Gasteiger partial charge in [0.15, 0.2) is 0 Å². The predicted molar refractivity (Wildman–Crippen MR) is 116 cm³/mol. The Morgan fingerprint density at radius 1 is 1.13 bits per heavy atom. The van der Waals surface area contributed by atoms with Crippen LogP contribution in [0.1, 0.15) is 36.8 Å². The van der Waals surface area contributed by atoms with E-state index in [4.69, 9.17) is 4.74 Å². The highest BCUT2D eigenvalue weighted by Crippen LogP contribution is 2.18. The first-order valence-electron chi connectivity index (χ1n) is 10.2. The number of benzene rings is 1. The molecule has 0 radical (unpaired) electrons. The van der Waals surface area contributed by atoms with Crippen molar-refractivity contribution in [3.05, 3.63) is 66.1 Å². The van der Waals surface area contributed by atoms with E-state index in [2.05, 4.69) is 15.6 Å². The van der Waals surface area contributed by atoms with E-state index < -0.39 is 6.04 Å². The summed E-state index contributed by atoms with van der Waals surface area (Å²) in [7, 11) is 0. The number of nitrogens with zero attached hydrogens (tertiary/aromatic N) is 2. The van der Waals surface area contributed by atoms with Crippen LogP contribution in [0.4, 0.5) is 0 Å². The summed E-state index contributed by atoms with van der Waals surface area (Å²) >= 11 is 0. The van der Waals surface area contributed by atoms with Crippen molar-refractivity contribution in [3.8, 4) is 5.75 Å². The fourth-order valence-electron chi connectivity index (χ4n) is 3.22. The average Bonchev–Trinajstić information content (AvgIpc) is 3.15. The van der Waals surface area contributed by atoms with Gasteiger partial charge in [0.05, 0.1) is 17.9 Å². The standard InChI is InChI=1S/C23H28N4O3/c1-4-30-19-10-6-5-9-18(19)22(28)26-21(16(2)3)23(29)24-13-12-17-15-27-14-8-7-11-20(27)25-17/h5-11,14-16,21H,4,12-13H2,1-3H3,(H,24,29)(H,26,28). The van der Waals surface area contributed by atoms with Gasteiger partial charge in [-0.05, 0) is 37.1 Å². The van der Waals surface area contributed by atoms with Gasteiger partial charge in [-0.1, -0.05) is 32.0 Å². The third-order valence-electron chi connectivity index (χ3n) is 4.76. The first-order chi connectivity index (χ1) is 14.5. The van der Waals surface area contributed by atoms with Gasteiger partial charge in [0.2, 0.25) is 5.91 Å². The maximum atomic E-state index is 12.8. The van der Waals surface area contributed by atoms with E-state index in [1.165, 1.54) is 0 Å². The number of fused-ring (bicyclic) bond motifs is 1. The van der Waals surface area contributed by atoms with Gasteiger partial charge in [-0.15, -0.1) is 0 Å². The number of nitrogens with one attached hydrogen (secondary N) is 2. The Morgan fingerprint density at radius 2 is 1.90 bits per heavy atom. The van der Waals surface area contributed by atoms with Gasteiger partial charge in [-0.3, -0.25) is 9.59 Å². The van der Waals surface area contributed by atoms with E-state index in [1.807, 2.05) is 61.8 Å². The fraction of sp³-hybridized carbons (Fsp3) is 0.348. The zero-order chi connectivity index (χ0) is 21.5. The Morgan fingerprint density at radius 3 is 2.63 bits per heavy atom. The quantitative estimate of drug-likeness (QED) is 0.570. The summed E-state index contributed by atoms with van der Waals surface area (Å²) in [5.41, 5.74) is 2.19. The van der Waals surface area contributed by atoms with Crippen LogP contribution in [-0.2, 0) is 11.2 Å². The maximum Gasteiger partial charge on any atom is 0.255 e. The summed E-state index contributed by atoms with van der Waals surface area (Å²) < 4.78 is 7.48. The molecule has 0 fully saturated rings. The van der Waals surface area contributed by atoms with Crippen molar-refractivity contribution in [1.29, 1.82) is 0 Å². The molecule has 0 spiro atoms. The number of carbonyl (C=O) groups is 2. The van der Waals surface area contributed by atoms with Gasteiger partial charge < -0.3 is 19.8 Å². The minimum absolute atomic E-state index is 0.0663. The van der Waals surface area contributed by atoms with Crippen LogP contribution in [-0.4, -0.2) is 40.4 Å². The molecular weight excluding hydrogens is 380 g/mol. The van der Waals surface area contributed by atoms with Crippen LogP contribution in [0.3, 0.4) is 0 Å². The summed E-state index contributed by atoms with van der Waals surface area (Å²) in [6, 6.07) is 12.2. The SMILES string of the molecule is CCOc1ccccc1C(=O)NC(C(=O)NCCc1cn2ccccc2n1)C(C)C. The molecule has 0 saturated carbocycles. The fourth-order valence-corrected chi connectivity index (χ4v) is 3.22. The topological polar surface area (TPSA) is 84.7 Å². The first kappa shape index (κ1) is 21.4. The molecule has 2 N–H and O–H groups in total. The molecule has 2 heterocycles. The molecule has 7 heteroatoms. The van der Waals surface area contributed by atoms with Crippen LogP contribution in [0.15, 0.2) is 54.9 Å². The van der Waals surface area contributed by atoms with Crippen molar-refractivity contribution in [3.63, 3.8) is 0 Å². The number of amides is 2. The Hall–Kier alpha value is -3.35. The van der Waals surface area contributed by atoms with Crippen LogP contribution in [0, 0.1) is 5.92 Å². The van der Waals surface area contributed by atoms with Gasteiger partial charge in [-0.25, -0.2) is 4.98 Å². The molecular formula is C23H28N4O3. The molecule has 1 aromatic carbocycles. The Balaban J connectivity index is 1.60. The summed E-state index contributed by atoms with van der Waals surface area (Å²) in [6.45, 7) is 6.57. The van der Waals surface area contributed by atoms with E-state index in [9.17, 15) is 9.59 Å². The highest BCUT2D eigenvalue weighted by atomic mass is 16.5. The highest BCUT2D eigenvalue weighted by Gasteiger charge is 2.25. The lowest BCUT2D eigenvalue weighted by Gasteiger charge is -2.22. The second kappa shape index (κ2) is 9.91. The largest absolute Gasteiger partial charge is 0.493 e. The van der Waals surface area contributed by atoms with Crippen molar-refractivity contribution in [2.24, 2.45) is 5.92 Å². The molecule has 0 saturated heterocycles. The molecule has 30 heavy (non-hydrogen) atoms. The Bertz CT molecular complexity index is 979. The summed E-state index contributed by atoms with van der Waals surface area (Å²) in [5.74, 6) is -0.0973. The molecule has 1 atom stereocenters. The molecule has 0 aliphatic carbocycles. The van der Waals surface area contributed by atoms with Crippen LogP contribution in [0.2, 0.25) is 0 Å². The molecule has 3 rings (SSSR count). The predicted octanol–water partition coefficient (Wildman–Crippen LogP) is 2.85. The molecule has 3 aromatic rings. The zero-order valence-corrected chi connectivity index (χ0v) is 17.6. The van der Waals surface area contributed by atoms with Gasteiger partial charge in [0.25, 0.3) is 5.91 Å². The number of carbonyl (C=O) groups excluding carboxylic acids is 2. The van der Waals surface area contributed by atoms with E-state index in [1.54, 1.807) is 18.2 Å². The number of para-hydroxylation sites is 1. The van der Waals surface area contributed by atoms with Crippen LogP contribution in [0.5, 0.6) is 5.75 Å². The van der Waals surface area contributed by atoms with Gasteiger partial charge in [-0.2, -0.15) is 0 Å². The molecule has 2 amide bonds. The Labute approximate surface area is 176 Å². The van der Waals surface area contributed by atoms with E-state index in [0.29, 0.717) is 30.9 Å². The van der Waals surface area contributed by atoms with Crippen LogP contribution >= 0.6 is 0 Å². The maximum absolute atomic E-state index is 12.8. The van der Waals surface area contributed by atoms with Crippen molar-refractivity contribution in [2.45, 2.75) is 33.2 Å². The zero-order valence-electron chi connectivity index (χ0n) is 17.6. The monoisotopic (exact) mass is 408 g/mol. The van der Waals surface area contributed by atoms with Gasteiger partial charge in [0, 0.05) is 25.4 Å². The smallest absolute Gasteiger partial charge is 0.255 e. The van der Waals surface area contributed by atoms with Crippen LogP contribution < -0.4 is 15.4 Å². The third kappa shape index (κ3) is 5.17. The molecule has 0 bridgehead atoms. The summed E-state index contributed by atoms with van der Waals surface area (Å²) in [4.78, 5) is 30.0. The summed E-state index contributed by atoms with van der Waals surface area (Å²) in [5, 5.41) is 5.77. The molecule has 7 nitrogen and oxygen atoms in total. The van der Waals surface area contributed by atoms with E-state index >= 15 is 0 Å². The number of hydrogen-bond donors (Lipinski definition) is 2. The molecule has 1 unspecified atom stereocenters. The van der Waals surface area contributed by atoms with E-state index in [-0.39, 0.29) is 17.7 Å². The van der Waals surface area contributed by atoms with Crippen molar-refractivity contribution >= 4 is 17.5 Å². The normalized spacial score (nSPS) is 12.0. The number of rotatable bonds is 9. The second-order valence-electron chi connectivity index (χ2n) is 7.36. The lowest BCUT2D eigenvalue weighted by atomic mass is 10.0. The van der Waals surface area contributed by atoms with Crippen molar-refractivity contribution < 1.29 is 14.3 Å². The first-order valence-corrected chi connectivity index (χ1v) is 10.2. The number of imidazole rings is 1. The number of aromatic nitrogens is 2. The second-order valence-corrected chi connectivity index (χ2v) is 7.36. The van der Waals surface area contributed by atoms with Crippen LogP contribution in [0.25, 0.3) is 5.65 Å². The van der Waals surface area contributed by atoms with Gasteiger partial charge in [0.1, 0.15) is 17.4 Å². The molecule has 158 valence electrons. The molecule has 0 aliphatic heterocycles. The third-order valence-corrected chi connectivity index (χ3v) is 4.76. The van der Waals surface area contributed by atoms with Crippen molar-refractivity contribution in [1.82, 2.24) is 20.0 Å². The minimum atomic E-state index is -0.645. The average molecular weight is 409 g/mol. The number of hydrogen-bond acceptors (Lipinski definition) is 4. The Kier molecular flexibility index (Phi) is 7.06. The minimum Gasteiger partial charge on any atom is -0.493 e. The molecule has 2 aromatic heterocycles. The van der Waals surface area contributed by atoms with Crippen molar-refractivity contribution in [2.75, 3.05) is 13.2 Å². The highest BCUT2D eigenvalue weighted by molar-refractivity contribution is 5.99. The molecule has 0 aliphatic rings.